The van der Waals surface area contributed by atoms with Gasteiger partial charge in [-0.2, -0.15) is 0 Å². The quantitative estimate of drug-likeness (QED) is 0.777. The van der Waals surface area contributed by atoms with E-state index in [4.69, 9.17) is 21.1 Å². The van der Waals surface area contributed by atoms with Crippen LogP contribution in [0.15, 0.2) is 18.2 Å². The molecule has 18 heavy (non-hydrogen) atoms. The SMILES string of the molecule is COC(=O)[C@H]1CO[C@@H](c2ccc(Cl)c(F)c2)OC1. The molecule has 1 fully saturated rings. The van der Waals surface area contributed by atoms with Crippen LogP contribution in [0.2, 0.25) is 5.02 Å². The first-order chi connectivity index (χ1) is 8.61. The van der Waals surface area contributed by atoms with Gasteiger partial charge in [-0.25, -0.2) is 4.39 Å². The highest BCUT2D eigenvalue weighted by Gasteiger charge is 2.29. The molecule has 1 aromatic rings. The largest absolute Gasteiger partial charge is 0.469 e. The number of carbonyl (C=O) groups excluding carboxylic acids is 1. The van der Waals surface area contributed by atoms with E-state index in [1.54, 1.807) is 6.07 Å². The fourth-order valence-electron chi connectivity index (χ4n) is 1.66. The first-order valence-electron chi connectivity index (χ1n) is 5.38. The van der Waals surface area contributed by atoms with Crippen molar-refractivity contribution in [1.82, 2.24) is 0 Å². The molecule has 6 heteroatoms. The monoisotopic (exact) mass is 274 g/mol. The number of hydrogen-bond donors (Lipinski definition) is 0. The molecule has 1 saturated heterocycles. The molecule has 0 aliphatic carbocycles. The molecule has 1 aliphatic heterocycles. The van der Waals surface area contributed by atoms with Gasteiger partial charge in [0.05, 0.1) is 25.3 Å². The minimum atomic E-state index is -0.683. The summed E-state index contributed by atoms with van der Waals surface area (Å²) in [7, 11) is 1.31. The zero-order chi connectivity index (χ0) is 13.1. The summed E-state index contributed by atoms with van der Waals surface area (Å²) in [6, 6.07) is 4.31. The van der Waals surface area contributed by atoms with E-state index in [0.29, 0.717) is 5.56 Å². The van der Waals surface area contributed by atoms with E-state index >= 15 is 0 Å². The van der Waals surface area contributed by atoms with Crippen LogP contribution in [-0.4, -0.2) is 26.3 Å². The maximum atomic E-state index is 13.3. The zero-order valence-corrected chi connectivity index (χ0v) is 10.4. The Balaban J connectivity index is 2.01. The summed E-state index contributed by atoms with van der Waals surface area (Å²) in [6.07, 6.45) is -0.683. The molecular formula is C12H12ClFO4. The molecule has 2 rings (SSSR count). The summed E-state index contributed by atoms with van der Waals surface area (Å²) in [5.74, 6) is -1.35. The number of ether oxygens (including phenoxy) is 3. The summed E-state index contributed by atoms with van der Waals surface area (Å²) in [5.41, 5.74) is 0.528. The van der Waals surface area contributed by atoms with Crippen LogP contribution in [-0.2, 0) is 19.0 Å². The van der Waals surface area contributed by atoms with Crippen molar-refractivity contribution >= 4 is 17.6 Å². The Bertz CT molecular complexity index is 444. The Morgan fingerprint density at radius 3 is 2.67 bits per heavy atom. The number of hydrogen-bond acceptors (Lipinski definition) is 4. The van der Waals surface area contributed by atoms with Crippen molar-refractivity contribution in [3.8, 4) is 0 Å². The van der Waals surface area contributed by atoms with E-state index in [1.165, 1.54) is 19.2 Å². The Kier molecular flexibility index (Phi) is 4.16. The highest BCUT2D eigenvalue weighted by Crippen LogP contribution is 2.27. The number of benzene rings is 1. The highest BCUT2D eigenvalue weighted by atomic mass is 35.5. The average molecular weight is 275 g/mol. The first kappa shape index (κ1) is 13.3. The standard InChI is InChI=1S/C12H12ClFO4/c1-16-11(15)8-5-17-12(18-6-8)7-2-3-9(13)10(14)4-7/h2-4,8,12H,5-6H2,1H3/t8-,12+. The molecule has 0 radical (unpaired) electrons. The van der Waals surface area contributed by atoms with Gasteiger partial charge in [0.1, 0.15) is 11.7 Å². The van der Waals surface area contributed by atoms with Crippen LogP contribution in [0.5, 0.6) is 0 Å². The summed E-state index contributed by atoms with van der Waals surface area (Å²) in [5, 5.41) is 0.0435. The lowest BCUT2D eigenvalue weighted by atomic mass is 10.1. The molecule has 1 aliphatic rings. The van der Waals surface area contributed by atoms with Gasteiger partial charge in [-0.3, -0.25) is 4.79 Å². The van der Waals surface area contributed by atoms with Crippen molar-refractivity contribution in [3.63, 3.8) is 0 Å². The van der Waals surface area contributed by atoms with Crippen LogP contribution < -0.4 is 0 Å². The van der Waals surface area contributed by atoms with E-state index in [0.717, 1.165) is 0 Å². The Morgan fingerprint density at radius 1 is 1.44 bits per heavy atom. The Hall–Kier alpha value is -1.17. The van der Waals surface area contributed by atoms with Crippen molar-refractivity contribution < 1.29 is 23.4 Å². The minimum Gasteiger partial charge on any atom is -0.469 e. The van der Waals surface area contributed by atoms with Crippen LogP contribution in [0.25, 0.3) is 0 Å². The van der Waals surface area contributed by atoms with E-state index in [2.05, 4.69) is 4.74 Å². The molecule has 0 saturated carbocycles. The average Bonchev–Trinajstić information content (AvgIpc) is 2.41. The molecule has 1 heterocycles. The molecule has 0 N–H and O–H groups in total. The van der Waals surface area contributed by atoms with Crippen molar-refractivity contribution in [2.75, 3.05) is 20.3 Å². The lowest BCUT2D eigenvalue weighted by molar-refractivity contribution is -0.212. The van der Waals surface area contributed by atoms with Crippen LogP contribution >= 0.6 is 11.6 Å². The third kappa shape index (κ3) is 2.80. The van der Waals surface area contributed by atoms with Crippen LogP contribution in [0.1, 0.15) is 11.9 Å². The van der Waals surface area contributed by atoms with Crippen LogP contribution in [0.4, 0.5) is 4.39 Å². The normalized spacial score (nSPS) is 23.7. The van der Waals surface area contributed by atoms with E-state index in [1.807, 2.05) is 0 Å². The molecule has 4 nitrogen and oxygen atoms in total. The number of methoxy groups -OCH3 is 1. The van der Waals surface area contributed by atoms with Crippen molar-refractivity contribution in [1.29, 1.82) is 0 Å². The molecule has 0 amide bonds. The second-order valence-electron chi connectivity index (χ2n) is 3.89. The predicted molar refractivity (Wildman–Crippen MR) is 61.6 cm³/mol. The van der Waals surface area contributed by atoms with Crippen molar-refractivity contribution in [2.24, 2.45) is 5.92 Å². The molecule has 0 atom stereocenters. The molecular weight excluding hydrogens is 263 g/mol. The topological polar surface area (TPSA) is 44.8 Å². The Morgan fingerprint density at radius 2 is 2.11 bits per heavy atom. The third-order valence-corrected chi connectivity index (χ3v) is 2.95. The van der Waals surface area contributed by atoms with Crippen molar-refractivity contribution in [2.45, 2.75) is 6.29 Å². The van der Waals surface area contributed by atoms with Crippen molar-refractivity contribution in [3.05, 3.63) is 34.6 Å². The van der Waals surface area contributed by atoms with Gasteiger partial charge in [0.2, 0.25) is 0 Å². The lowest BCUT2D eigenvalue weighted by Gasteiger charge is -2.28. The lowest BCUT2D eigenvalue weighted by Crippen LogP contribution is -2.33. The minimum absolute atomic E-state index is 0.0435. The smallest absolute Gasteiger partial charge is 0.313 e. The van der Waals surface area contributed by atoms with Crippen LogP contribution in [0.3, 0.4) is 0 Å². The Labute approximate surface area is 109 Å². The van der Waals surface area contributed by atoms with E-state index in [9.17, 15) is 9.18 Å². The zero-order valence-electron chi connectivity index (χ0n) is 9.69. The second-order valence-corrected chi connectivity index (χ2v) is 4.30. The maximum Gasteiger partial charge on any atom is 0.313 e. The highest BCUT2D eigenvalue weighted by molar-refractivity contribution is 6.30. The van der Waals surface area contributed by atoms with Gasteiger partial charge in [-0.05, 0) is 12.1 Å². The summed E-state index contributed by atoms with van der Waals surface area (Å²) >= 11 is 5.59. The molecule has 0 unspecified atom stereocenters. The van der Waals surface area contributed by atoms with E-state index < -0.39 is 18.0 Å². The third-order valence-electron chi connectivity index (χ3n) is 2.65. The molecule has 0 spiro atoms. The molecule has 0 aromatic heterocycles. The van der Waals surface area contributed by atoms with Gasteiger partial charge < -0.3 is 14.2 Å². The molecule has 0 bridgehead atoms. The summed E-state index contributed by atoms with van der Waals surface area (Å²) in [6.45, 7) is 0.364. The molecule has 98 valence electrons. The fraction of sp³-hybridized carbons (Fsp3) is 0.417. The van der Waals surface area contributed by atoms with Gasteiger partial charge in [0, 0.05) is 5.56 Å². The number of rotatable bonds is 2. The predicted octanol–water partition coefficient (Wildman–Crippen LogP) is 2.31. The van der Waals surface area contributed by atoms with Gasteiger partial charge in [-0.15, -0.1) is 0 Å². The molecule has 1 aromatic carbocycles. The fourth-order valence-corrected chi connectivity index (χ4v) is 1.78. The second kappa shape index (κ2) is 5.65. The van der Waals surface area contributed by atoms with Crippen LogP contribution in [0, 0.1) is 11.7 Å². The number of carbonyl (C=O) groups is 1. The maximum absolute atomic E-state index is 13.3. The number of halogens is 2. The summed E-state index contributed by atoms with van der Waals surface area (Å²) < 4.78 is 28.6. The number of esters is 1. The van der Waals surface area contributed by atoms with Gasteiger partial charge in [-0.1, -0.05) is 17.7 Å². The van der Waals surface area contributed by atoms with Gasteiger partial charge in [0.25, 0.3) is 0 Å². The summed E-state index contributed by atoms with van der Waals surface area (Å²) in [4.78, 5) is 11.2. The first-order valence-corrected chi connectivity index (χ1v) is 5.75. The van der Waals surface area contributed by atoms with Gasteiger partial charge >= 0.3 is 5.97 Å². The van der Waals surface area contributed by atoms with Gasteiger partial charge in [0.15, 0.2) is 6.29 Å². The van der Waals surface area contributed by atoms with E-state index in [-0.39, 0.29) is 24.2 Å².